The Kier molecular flexibility index (Phi) is 5.83. The van der Waals surface area contributed by atoms with Gasteiger partial charge in [0.05, 0.1) is 12.6 Å². The Bertz CT molecular complexity index is 580. The lowest BCUT2D eigenvalue weighted by molar-refractivity contribution is 0.317. The standard InChI is InChI=1S/C18H22BrNO/c1-4-12-21-15-10-8-14(9-11-15)18(20-3)16-6-5-7-17(19)13(16)2/h5-11,18,20H,4,12H2,1-3H3. The molecule has 0 radical (unpaired) electrons. The Hall–Kier alpha value is -1.32. The molecule has 0 aromatic heterocycles. The molecule has 0 aliphatic carbocycles. The predicted octanol–water partition coefficient (Wildman–Crippen LogP) is 4.86. The van der Waals surface area contributed by atoms with Crippen LogP contribution in [0, 0.1) is 6.92 Å². The van der Waals surface area contributed by atoms with Crippen molar-refractivity contribution in [3.63, 3.8) is 0 Å². The Balaban J connectivity index is 2.27. The van der Waals surface area contributed by atoms with Crippen LogP contribution in [0.4, 0.5) is 0 Å². The molecule has 0 aliphatic rings. The highest BCUT2D eigenvalue weighted by Crippen LogP contribution is 2.29. The van der Waals surface area contributed by atoms with Crippen LogP contribution < -0.4 is 10.1 Å². The molecule has 112 valence electrons. The fourth-order valence-corrected chi connectivity index (χ4v) is 2.80. The summed E-state index contributed by atoms with van der Waals surface area (Å²) in [5, 5.41) is 3.40. The maximum atomic E-state index is 5.64. The molecule has 0 amide bonds. The zero-order chi connectivity index (χ0) is 15.2. The van der Waals surface area contributed by atoms with Crippen molar-refractivity contribution in [1.82, 2.24) is 5.32 Å². The van der Waals surface area contributed by atoms with Gasteiger partial charge in [-0.25, -0.2) is 0 Å². The van der Waals surface area contributed by atoms with Crippen LogP contribution in [-0.2, 0) is 0 Å². The summed E-state index contributed by atoms with van der Waals surface area (Å²) in [4.78, 5) is 0. The summed E-state index contributed by atoms with van der Waals surface area (Å²) < 4.78 is 6.79. The molecule has 2 nitrogen and oxygen atoms in total. The van der Waals surface area contributed by atoms with Crippen molar-refractivity contribution in [2.24, 2.45) is 0 Å². The Morgan fingerprint density at radius 1 is 1.14 bits per heavy atom. The summed E-state index contributed by atoms with van der Waals surface area (Å²) in [5.41, 5.74) is 3.79. The Morgan fingerprint density at radius 3 is 2.48 bits per heavy atom. The van der Waals surface area contributed by atoms with E-state index in [1.807, 2.05) is 19.2 Å². The molecule has 2 rings (SSSR count). The third-order valence-corrected chi connectivity index (χ3v) is 4.45. The van der Waals surface area contributed by atoms with Gasteiger partial charge in [0.2, 0.25) is 0 Å². The van der Waals surface area contributed by atoms with Gasteiger partial charge >= 0.3 is 0 Å². The minimum Gasteiger partial charge on any atom is -0.494 e. The normalized spacial score (nSPS) is 12.2. The van der Waals surface area contributed by atoms with E-state index in [9.17, 15) is 0 Å². The van der Waals surface area contributed by atoms with E-state index in [0.29, 0.717) is 0 Å². The number of ether oxygens (including phenoxy) is 1. The molecule has 0 aliphatic heterocycles. The van der Waals surface area contributed by atoms with Gasteiger partial charge in [0.1, 0.15) is 5.75 Å². The molecule has 0 saturated carbocycles. The fraction of sp³-hybridized carbons (Fsp3) is 0.333. The predicted molar refractivity (Wildman–Crippen MR) is 92.0 cm³/mol. The van der Waals surface area contributed by atoms with Gasteiger partial charge in [0.25, 0.3) is 0 Å². The third kappa shape index (κ3) is 3.86. The first-order chi connectivity index (χ1) is 10.2. The van der Waals surface area contributed by atoms with E-state index >= 15 is 0 Å². The van der Waals surface area contributed by atoms with Crippen molar-refractivity contribution in [2.45, 2.75) is 26.3 Å². The lowest BCUT2D eigenvalue weighted by Gasteiger charge is -2.20. The van der Waals surface area contributed by atoms with Crippen molar-refractivity contribution in [3.8, 4) is 5.75 Å². The number of halogens is 1. The molecule has 0 saturated heterocycles. The summed E-state index contributed by atoms with van der Waals surface area (Å²) in [5.74, 6) is 0.932. The first-order valence-electron chi connectivity index (χ1n) is 7.32. The quantitative estimate of drug-likeness (QED) is 0.805. The maximum Gasteiger partial charge on any atom is 0.119 e. The average Bonchev–Trinajstić information content (AvgIpc) is 2.51. The Labute approximate surface area is 135 Å². The van der Waals surface area contributed by atoms with Gasteiger partial charge < -0.3 is 10.1 Å². The van der Waals surface area contributed by atoms with Gasteiger partial charge in [0, 0.05) is 4.47 Å². The summed E-state index contributed by atoms with van der Waals surface area (Å²) in [7, 11) is 1.99. The van der Waals surface area contributed by atoms with Gasteiger partial charge in [-0.2, -0.15) is 0 Å². The molecule has 0 spiro atoms. The SMILES string of the molecule is CCCOc1ccc(C(NC)c2cccc(Br)c2C)cc1. The van der Waals surface area contributed by atoms with Crippen molar-refractivity contribution in [3.05, 3.63) is 63.6 Å². The maximum absolute atomic E-state index is 5.64. The van der Waals surface area contributed by atoms with E-state index in [1.54, 1.807) is 0 Å². The van der Waals surface area contributed by atoms with Gasteiger partial charge in [-0.05, 0) is 55.3 Å². The van der Waals surface area contributed by atoms with E-state index in [4.69, 9.17) is 4.74 Å². The number of hydrogen-bond acceptors (Lipinski definition) is 2. The molecular formula is C18H22BrNO. The fourth-order valence-electron chi connectivity index (χ4n) is 2.42. The number of nitrogens with one attached hydrogen (secondary N) is 1. The minimum absolute atomic E-state index is 0.183. The smallest absolute Gasteiger partial charge is 0.119 e. The lowest BCUT2D eigenvalue weighted by Crippen LogP contribution is -2.18. The second kappa shape index (κ2) is 7.62. The van der Waals surface area contributed by atoms with Crippen LogP contribution in [0.2, 0.25) is 0 Å². The van der Waals surface area contributed by atoms with Crippen LogP contribution in [0.3, 0.4) is 0 Å². The summed E-state index contributed by atoms with van der Waals surface area (Å²) in [6.07, 6.45) is 1.03. The molecule has 3 heteroatoms. The highest BCUT2D eigenvalue weighted by atomic mass is 79.9. The van der Waals surface area contributed by atoms with Crippen LogP contribution in [0.1, 0.15) is 36.1 Å². The molecule has 2 aromatic rings. The number of hydrogen-bond donors (Lipinski definition) is 1. The van der Waals surface area contributed by atoms with Crippen LogP contribution in [0.5, 0.6) is 5.75 Å². The molecule has 1 unspecified atom stereocenters. The Morgan fingerprint density at radius 2 is 1.86 bits per heavy atom. The van der Waals surface area contributed by atoms with E-state index < -0.39 is 0 Å². The first kappa shape index (κ1) is 16.1. The van der Waals surface area contributed by atoms with E-state index in [1.165, 1.54) is 16.7 Å². The topological polar surface area (TPSA) is 21.3 Å². The van der Waals surface area contributed by atoms with Crippen LogP contribution >= 0.6 is 15.9 Å². The number of rotatable bonds is 6. The number of benzene rings is 2. The first-order valence-corrected chi connectivity index (χ1v) is 8.11. The van der Waals surface area contributed by atoms with Gasteiger partial charge in [-0.15, -0.1) is 0 Å². The summed E-state index contributed by atoms with van der Waals surface area (Å²) >= 11 is 3.61. The largest absolute Gasteiger partial charge is 0.494 e. The molecule has 0 bridgehead atoms. The molecule has 0 fully saturated rings. The minimum atomic E-state index is 0.183. The van der Waals surface area contributed by atoms with Crippen molar-refractivity contribution < 1.29 is 4.74 Å². The molecule has 1 atom stereocenters. The monoisotopic (exact) mass is 347 g/mol. The van der Waals surface area contributed by atoms with Crippen molar-refractivity contribution in [1.29, 1.82) is 0 Å². The van der Waals surface area contributed by atoms with Gasteiger partial charge in [0.15, 0.2) is 0 Å². The van der Waals surface area contributed by atoms with Crippen LogP contribution in [-0.4, -0.2) is 13.7 Å². The van der Waals surface area contributed by atoms with Crippen molar-refractivity contribution in [2.75, 3.05) is 13.7 Å². The van der Waals surface area contributed by atoms with Crippen LogP contribution in [0.25, 0.3) is 0 Å². The lowest BCUT2D eigenvalue weighted by atomic mass is 9.95. The zero-order valence-electron chi connectivity index (χ0n) is 12.8. The van der Waals surface area contributed by atoms with Gasteiger partial charge in [-0.3, -0.25) is 0 Å². The zero-order valence-corrected chi connectivity index (χ0v) is 14.4. The highest BCUT2D eigenvalue weighted by Gasteiger charge is 2.15. The van der Waals surface area contributed by atoms with Gasteiger partial charge in [-0.1, -0.05) is 47.1 Å². The summed E-state index contributed by atoms with van der Waals surface area (Å²) in [6, 6.07) is 14.9. The van der Waals surface area contributed by atoms with Crippen molar-refractivity contribution >= 4 is 15.9 Å². The molecule has 0 heterocycles. The molecule has 2 aromatic carbocycles. The summed E-state index contributed by atoms with van der Waals surface area (Å²) in [6.45, 7) is 5.02. The second-order valence-corrected chi connectivity index (χ2v) is 5.95. The second-order valence-electron chi connectivity index (χ2n) is 5.09. The van der Waals surface area contributed by atoms with E-state index in [0.717, 1.165) is 23.2 Å². The molecular weight excluding hydrogens is 326 g/mol. The molecule has 1 N–H and O–H groups in total. The van der Waals surface area contributed by atoms with E-state index in [-0.39, 0.29) is 6.04 Å². The average molecular weight is 348 g/mol. The highest BCUT2D eigenvalue weighted by molar-refractivity contribution is 9.10. The van der Waals surface area contributed by atoms with E-state index in [2.05, 4.69) is 65.4 Å². The molecule has 21 heavy (non-hydrogen) atoms. The van der Waals surface area contributed by atoms with Crippen LogP contribution in [0.15, 0.2) is 46.9 Å². The third-order valence-electron chi connectivity index (χ3n) is 3.60.